The highest BCUT2D eigenvalue weighted by molar-refractivity contribution is 6.34. The van der Waals surface area contributed by atoms with E-state index in [-0.39, 0.29) is 11.8 Å². The number of hydrogen-bond donors (Lipinski definition) is 1. The van der Waals surface area contributed by atoms with Crippen molar-refractivity contribution in [3.8, 4) is 0 Å². The van der Waals surface area contributed by atoms with E-state index in [0.29, 0.717) is 26.2 Å². The van der Waals surface area contributed by atoms with Crippen molar-refractivity contribution in [1.29, 1.82) is 0 Å². The zero-order valence-corrected chi connectivity index (χ0v) is 9.72. The van der Waals surface area contributed by atoms with E-state index in [0.717, 1.165) is 19.3 Å². The summed E-state index contributed by atoms with van der Waals surface area (Å²) in [5.74, 6) is -1.19. The standard InChI is InChI=1S/C11H17N3O3/c12-9(15)11(17)14-6-4-13(5-7-14)10(16)8-2-1-3-8/h8H,1-7H2,(H2,12,15). The third-order valence-corrected chi connectivity index (χ3v) is 3.54. The van der Waals surface area contributed by atoms with Crippen molar-refractivity contribution in [3.05, 3.63) is 0 Å². The molecule has 1 aliphatic carbocycles. The number of nitrogens with two attached hydrogens (primary N) is 1. The van der Waals surface area contributed by atoms with Gasteiger partial charge in [-0.05, 0) is 12.8 Å². The SMILES string of the molecule is NC(=O)C(=O)N1CCN(C(=O)C2CCC2)CC1. The largest absolute Gasteiger partial charge is 0.361 e. The average molecular weight is 239 g/mol. The second kappa shape index (κ2) is 4.73. The summed E-state index contributed by atoms with van der Waals surface area (Å²) in [5.41, 5.74) is 4.93. The molecule has 2 N–H and O–H groups in total. The number of carbonyl (C=O) groups excluding carboxylic acids is 3. The van der Waals surface area contributed by atoms with Crippen LogP contribution in [-0.4, -0.2) is 53.7 Å². The molecule has 3 amide bonds. The molecular weight excluding hydrogens is 222 g/mol. The lowest BCUT2D eigenvalue weighted by Crippen LogP contribution is -2.54. The number of carbonyl (C=O) groups is 3. The molecule has 0 aromatic carbocycles. The van der Waals surface area contributed by atoms with Crippen molar-refractivity contribution in [2.45, 2.75) is 19.3 Å². The number of amides is 3. The highest BCUT2D eigenvalue weighted by atomic mass is 16.2. The molecule has 1 saturated heterocycles. The predicted molar refractivity (Wildman–Crippen MR) is 59.7 cm³/mol. The monoisotopic (exact) mass is 239 g/mol. The molecule has 0 atom stereocenters. The minimum Gasteiger partial charge on any atom is -0.361 e. The Morgan fingerprint density at radius 1 is 0.941 bits per heavy atom. The topological polar surface area (TPSA) is 83.7 Å². The lowest BCUT2D eigenvalue weighted by molar-refractivity contribution is -0.148. The normalized spacial score (nSPS) is 20.9. The Morgan fingerprint density at radius 3 is 1.88 bits per heavy atom. The lowest BCUT2D eigenvalue weighted by atomic mass is 9.84. The lowest BCUT2D eigenvalue weighted by Gasteiger charge is -2.37. The smallest absolute Gasteiger partial charge is 0.311 e. The van der Waals surface area contributed by atoms with Crippen LogP contribution < -0.4 is 5.73 Å². The van der Waals surface area contributed by atoms with Crippen LogP contribution in [0.25, 0.3) is 0 Å². The molecule has 0 unspecified atom stereocenters. The highest BCUT2D eigenvalue weighted by Crippen LogP contribution is 2.28. The first kappa shape index (κ1) is 11.9. The molecule has 2 rings (SSSR count). The molecule has 6 nitrogen and oxygen atoms in total. The Bertz CT molecular complexity index is 344. The van der Waals surface area contributed by atoms with E-state index < -0.39 is 11.8 Å². The molecule has 94 valence electrons. The molecule has 1 heterocycles. The first-order chi connectivity index (χ1) is 8.09. The molecule has 0 spiro atoms. The van der Waals surface area contributed by atoms with Crippen molar-refractivity contribution in [3.63, 3.8) is 0 Å². The van der Waals surface area contributed by atoms with E-state index in [1.807, 2.05) is 0 Å². The summed E-state index contributed by atoms with van der Waals surface area (Å²) in [7, 11) is 0. The number of hydrogen-bond acceptors (Lipinski definition) is 3. The van der Waals surface area contributed by atoms with Gasteiger partial charge in [0.15, 0.2) is 0 Å². The third-order valence-electron chi connectivity index (χ3n) is 3.54. The van der Waals surface area contributed by atoms with Crippen LogP contribution >= 0.6 is 0 Å². The number of piperazine rings is 1. The van der Waals surface area contributed by atoms with Crippen LogP contribution in [0.1, 0.15) is 19.3 Å². The van der Waals surface area contributed by atoms with Crippen molar-refractivity contribution >= 4 is 17.7 Å². The summed E-state index contributed by atoms with van der Waals surface area (Å²) in [6.45, 7) is 1.82. The predicted octanol–water partition coefficient (Wildman–Crippen LogP) is -1.06. The van der Waals surface area contributed by atoms with Gasteiger partial charge in [-0.15, -0.1) is 0 Å². The molecular formula is C11H17N3O3. The zero-order chi connectivity index (χ0) is 12.4. The molecule has 2 aliphatic rings. The number of nitrogens with zero attached hydrogens (tertiary/aromatic N) is 2. The average Bonchev–Trinajstić information content (AvgIpc) is 2.25. The Balaban J connectivity index is 1.83. The van der Waals surface area contributed by atoms with Gasteiger partial charge in [0.05, 0.1) is 0 Å². The maximum absolute atomic E-state index is 11.9. The zero-order valence-electron chi connectivity index (χ0n) is 9.72. The van der Waals surface area contributed by atoms with Gasteiger partial charge in [0.2, 0.25) is 5.91 Å². The summed E-state index contributed by atoms with van der Waals surface area (Å²) in [4.78, 5) is 37.2. The summed E-state index contributed by atoms with van der Waals surface area (Å²) < 4.78 is 0. The Morgan fingerprint density at radius 2 is 1.47 bits per heavy atom. The van der Waals surface area contributed by atoms with Gasteiger partial charge in [-0.2, -0.15) is 0 Å². The second-order valence-electron chi connectivity index (χ2n) is 4.61. The molecule has 0 aromatic rings. The van der Waals surface area contributed by atoms with E-state index in [1.165, 1.54) is 4.90 Å². The molecule has 0 bridgehead atoms. The van der Waals surface area contributed by atoms with Gasteiger partial charge in [0.1, 0.15) is 0 Å². The van der Waals surface area contributed by atoms with Crippen LogP contribution in [0, 0.1) is 5.92 Å². The van der Waals surface area contributed by atoms with Gasteiger partial charge in [-0.1, -0.05) is 6.42 Å². The summed E-state index contributed by atoms with van der Waals surface area (Å²) in [5, 5.41) is 0. The molecule has 0 radical (unpaired) electrons. The van der Waals surface area contributed by atoms with E-state index >= 15 is 0 Å². The van der Waals surface area contributed by atoms with Gasteiger partial charge in [-0.25, -0.2) is 0 Å². The van der Waals surface area contributed by atoms with Gasteiger partial charge in [0.25, 0.3) is 0 Å². The maximum atomic E-state index is 11.9. The molecule has 1 saturated carbocycles. The summed E-state index contributed by atoms with van der Waals surface area (Å²) >= 11 is 0. The van der Waals surface area contributed by atoms with Crippen LogP contribution in [0.15, 0.2) is 0 Å². The van der Waals surface area contributed by atoms with Crippen LogP contribution in [0.3, 0.4) is 0 Å². The van der Waals surface area contributed by atoms with Gasteiger partial charge in [-0.3, -0.25) is 14.4 Å². The van der Waals surface area contributed by atoms with Crippen LogP contribution in [0.4, 0.5) is 0 Å². The van der Waals surface area contributed by atoms with Crippen molar-refractivity contribution < 1.29 is 14.4 Å². The van der Waals surface area contributed by atoms with Gasteiger partial charge in [0, 0.05) is 32.1 Å². The van der Waals surface area contributed by atoms with Crippen molar-refractivity contribution in [2.24, 2.45) is 11.7 Å². The van der Waals surface area contributed by atoms with Gasteiger partial charge >= 0.3 is 11.8 Å². The van der Waals surface area contributed by atoms with Crippen LogP contribution in [-0.2, 0) is 14.4 Å². The number of primary amides is 1. The van der Waals surface area contributed by atoms with E-state index in [2.05, 4.69) is 0 Å². The first-order valence-corrected chi connectivity index (χ1v) is 5.97. The van der Waals surface area contributed by atoms with E-state index in [1.54, 1.807) is 4.90 Å². The molecule has 17 heavy (non-hydrogen) atoms. The fourth-order valence-electron chi connectivity index (χ4n) is 2.20. The van der Waals surface area contributed by atoms with Crippen LogP contribution in [0.5, 0.6) is 0 Å². The molecule has 2 fully saturated rings. The van der Waals surface area contributed by atoms with E-state index in [4.69, 9.17) is 5.73 Å². The first-order valence-electron chi connectivity index (χ1n) is 5.97. The fraction of sp³-hybridized carbons (Fsp3) is 0.727. The third kappa shape index (κ3) is 2.40. The highest BCUT2D eigenvalue weighted by Gasteiger charge is 2.32. The second-order valence-corrected chi connectivity index (χ2v) is 4.61. The molecule has 6 heteroatoms. The Labute approximate surface area is 99.7 Å². The Kier molecular flexibility index (Phi) is 3.31. The van der Waals surface area contributed by atoms with E-state index in [9.17, 15) is 14.4 Å². The van der Waals surface area contributed by atoms with Crippen molar-refractivity contribution in [1.82, 2.24) is 9.80 Å². The number of rotatable bonds is 1. The summed E-state index contributed by atoms with van der Waals surface area (Å²) in [6.07, 6.45) is 3.11. The van der Waals surface area contributed by atoms with Crippen molar-refractivity contribution in [2.75, 3.05) is 26.2 Å². The fourth-order valence-corrected chi connectivity index (χ4v) is 2.20. The molecule has 1 aliphatic heterocycles. The Hall–Kier alpha value is -1.59. The maximum Gasteiger partial charge on any atom is 0.311 e. The minimum atomic E-state index is -0.927. The molecule has 0 aromatic heterocycles. The minimum absolute atomic E-state index is 0.188. The van der Waals surface area contributed by atoms with Gasteiger partial charge < -0.3 is 15.5 Å². The van der Waals surface area contributed by atoms with Crippen LogP contribution in [0.2, 0.25) is 0 Å². The quantitative estimate of drug-likeness (QED) is 0.592. The summed E-state index contributed by atoms with van der Waals surface area (Å²) in [6, 6.07) is 0.